The van der Waals surface area contributed by atoms with Gasteiger partial charge < -0.3 is 15.7 Å². The molecule has 1 fully saturated rings. The topological polar surface area (TPSA) is 121 Å². The predicted molar refractivity (Wildman–Crippen MR) is 116 cm³/mol. The third-order valence-corrected chi connectivity index (χ3v) is 7.49. The molecular formula is C20H25ClN4O4S. The van der Waals surface area contributed by atoms with Crippen molar-refractivity contribution in [1.82, 2.24) is 9.97 Å². The van der Waals surface area contributed by atoms with E-state index in [1.54, 1.807) is 32.0 Å². The van der Waals surface area contributed by atoms with Crippen LogP contribution in [0.25, 0.3) is 0 Å². The molecule has 1 aromatic heterocycles. The molecule has 0 radical (unpaired) electrons. The number of sulfone groups is 1. The monoisotopic (exact) mass is 452 g/mol. The molecule has 0 unspecified atom stereocenters. The molecule has 2 aromatic rings. The van der Waals surface area contributed by atoms with Gasteiger partial charge >= 0.3 is 0 Å². The van der Waals surface area contributed by atoms with E-state index in [4.69, 9.17) is 11.6 Å². The molecule has 1 heterocycles. The first-order valence-electron chi connectivity index (χ1n) is 9.69. The quantitative estimate of drug-likeness (QED) is 0.589. The van der Waals surface area contributed by atoms with E-state index < -0.39 is 21.3 Å². The Morgan fingerprint density at radius 1 is 1.30 bits per heavy atom. The molecule has 0 saturated heterocycles. The van der Waals surface area contributed by atoms with Crippen LogP contribution in [-0.2, 0) is 9.84 Å². The first-order valence-corrected chi connectivity index (χ1v) is 11.6. The summed E-state index contributed by atoms with van der Waals surface area (Å²) >= 11 is 6.12. The molecular weight excluding hydrogens is 428 g/mol. The number of hydrogen-bond acceptors (Lipinski definition) is 7. The highest BCUT2D eigenvalue weighted by molar-refractivity contribution is 7.92. The number of hydrogen-bond donors (Lipinski definition) is 3. The van der Waals surface area contributed by atoms with E-state index in [1.165, 1.54) is 12.3 Å². The minimum Gasteiger partial charge on any atom is -0.394 e. The van der Waals surface area contributed by atoms with Crippen molar-refractivity contribution < 1.29 is 18.3 Å². The maximum atomic E-state index is 12.8. The van der Waals surface area contributed by atoms with Crippen molar-refractivity contribution in [2.75, 3.05) is 17.2 Å². The summed E-state index contributed by atoms with van der Waals surface area (Å²) in [4.78, 5) is 20.9. The maximum absolute atomic E-state index is 12.8. The summed E-state index contributed by atoms with van der Waals surface area (Å²) < 4.78 is 25.6. The zero-order valence-electron chi connectivity index (χ0n) is 16.9. The fourth-order valence-corrected chi connectivity index (χ4v) is 5.42. The number of aliphatic hydroxyl groups excluding tert-OH is 1. The molecule has 1 aliphatic rings. The minimum absolute atomic E-state index is 0.0897. The van der Waals surface area contributed by atoms with E-state index in [-0.39, 0.29) is 27.6 Å². The van der Waals surface area contributed by atoms with Crippen molar-refractivity contribution in [2.24, 2.45) is 0 Å². The lowest BCUT2D eigenvalue weighted by atomic mass is 10.1. The van der Waals surface area contributed by atoms with Crippen LogP contribution in [-0.4, -0.2) is 46.8 Å². The van der Waals surface area contributed by atoms with Crippen LogP contribution in [0.1, 0.15) is 50.0 Å². The average molecular weight is 453 g/mol. The van der Waals surface area contributed by atoms with Crippen LogP contribution >= 0.6 is 11.6 Å². The van der Waals surface area contributed by atoms with E-state index in [9.17, 15) is 18.3 Å². The molecule has 162 valence electrons. The summed E-state index contributed by atoms with van der Waals surface area (Å²) in [7, 11) is -3.43. The number of rotatable bonds is 7. The smallest absolute Gasteiger partial charge is 0.277 e. The van der Waals surface area contributed by atoms with Gasteiger partial charge in [0.1, 0.15) is 5.82 Å². The highest BCUT2D eigenvalue weighted by Gasteiger charge is 2.30. The van der Waals surface area contributed by atoms with Gasteiger partial charge in [0.05, 0.1) is 28.5 Å². The number of carbonyl (C=O) groups is 1. The third-order valence-electron chi connectivity index (χ3n) is 4.97. The van der Waals surface area contributed by atoms with Crippen LogP contribution in [0.5, 0.6) is 0 Å². The SMILES string of the molecule is CC(C)(CO)Nc1cnc(C(=O)Nc2cccc(S(=O)(=O)C3CCCC3)c2)c(Cl)n1. The van der Waals surface area contributed by atoms with E-state index >= 15 is 0 Å². The lowest BCUT2D eigenvalue weighted by Crippen LogP contribution is -2.35. The summed E-state index contributed by atoms with van der Waals surface area (Å²) in [5.41, 5.74) is -0.388. The van der Waals surface area contributed by atoms with Gasteiger partial charge in [-0.1, -0.05) is 30.5 Å². The average Bonchev–Trinajstić information content (AvgIpc) is 3.23. The van der Waals surface area contributed by atoms with E-state index in [0.29, 0.717) is 24.3 Å². The molecule has 1 aromatic carbocycles. The predicted octanol–water partition coefficient (Wildman–Crippen LogP) is 3.28. The van der Waals surface area contributed by atoms with Gasteiger partial charge in [-0.2, -0.15) is 0 Å². The largest absolute Gasteiger partial charge is 0.394 e. The van der Waals surface area contributed by atoms with Gasteiger partial charge in [0.25, 0.3) is 5.91 Å². The molecule has 0 spiro atoms. The molecule has 3 N–H and O–H groups in total. The van der Waals surface area contributed by atoms with Crippen molar-refractivity contribution in [3.05, 3.63) is 41.3 Å². The van der Waals surface area contributed by atoms with Crippen molar-refractivity contribution in [3.8, 4) is 0 Å². The van der Waals surface area contributed by atoms with E-state index in [0.717, 1.165) is 12.8 Å². The van der Waals surface area contributed by atoms with Crippen LogP contribution in [0.15, 0.2) is 35.4 Å². The third kappa shape index (κ3) is 5.08. The van der Waals surface area contributed by atoms with Crippen LogP contribution in [0.2, 0.25) is 5.15 Å². The Labute approximate surface area is 181 Å². The summed E-state index contributed by atoms with van der Waals surface area (Å²) in [5, 5.41) is 14.5. The van der Waals surface area contributed by atoms with Crippen molar-refractivity contribution in [2.45, 2.75) is 55.2 Å². The Balaban J connectivity index is 1.76. The number of anilines is 2. The second kappa shape index (κ2) is 8.87. The highest BCUT2D eigenvalue weighted by atomic mass is 35.5. The van der Waals surface area contributed by atoms with E-state index in [2.05, 4.69) is 20.6 Å². The molecule has 0 aliphatic heterocycles. The van der Waals surface area contributed by atoms with Crippen LogP contribution in [0.3, 0.4) is 0 Å². The Morgan fingerprint density at radius 2 is 2.00 bits per heavy atom. The van der Waals surface area contributed by atoms with Crippen molar-refractivity contribution >= 4 is 38.9 Å². The standard InChI is InChI=1S/C20H25ClN4O4S/c1-20(2,12-26)25-16-11-22-17(18(21)24-16)19(27)23-13-6-5-9-15(10-13)30(28,29)14-7-3-4-8-14/h5-6,9-11,14,26H,3-4,7-8,12H2,1-2H3,(H,23,27)(H,24,25). The van der Waals surface area contributed by atoms with Crippen LogP contribution in [0, 0.1) is 0 Å². The van der Waals surface area contributed by atoms with Gasteiger partial charge in [-0.05, 0) is 44.9 Å². The molecule has 10 heteroatoms. The number of nitrogens with zero attached hydrogens (tertiary/aromatic N) is 2. The second-order valence-electron chi connectivity index (χ2n) is 8.00. The van der Waals surface area contributed by atoms with Gasteiger partial charge in [-0.25, -0.2) is 18.4 Å². The molecule has 0 bridgehead atoms. The van der Waals surface area contributed by atoms with Crippen LogP contribution < -0.4 is 10.6 Å². The number of carbonyl (C=O) groups excluding carboxylic acids is 1. The zero-order chi connectivity index (χ0) is 21.9. The number of benzene rings is 1. The Kier molecular flexibility index (Phi) is 6.64. The first-order chi connectivity index (χ1) is 14.1. The van der Waals surface area contributed by atoms with Gasteiger partial charge in [-0.15, -0.1) is 0 Å². The summed E-state index contributed by atoms with van der Waals surface area (Å²) in [6.07, 6.45) is 4.50. The van der Waals surface area contributed by atoms with Gasteiger partial charge in [0.2, 0.25) is 0 Å². The fourth-order valence-electron chi connectivity index (χ4n) is 3.30. The minimum atomic E-state index is -3.43. The number of aliphatic hydroxyl groups is 1. The molecule has 30 heavy (non-hydrogen) atoms. The first kappa shape index (κ1) is 22.5. The molecule has 3 rings (SSSR count). The van der Waals surface area contributed by atoms with Crippen molar-refractivity contribution in [3.63, 3.8) is 0 Å². The Morgan fingerprint density at radius 3 is 2.63 bits per heavy atom. The zero-order valence-corrected chi connectivity index (χ0v) is 18.4. The van der Waals surface area contributed by atoms with Gasteiger partial charge in [0, 0.05) is 5.69 Å². The molecule has 1 aliphatic carbocycles. The summed E-state index contributed by atoms with van der Waals surface area (Å²) in [5.74, 6) is -0.281. The van der Waals surface area contributed by atoms with Crippen molar-refractivity contribution in [1.29, 1.82) is 0 Å². The number of aromatic nitrogens is 2. The fraction of sp³-hybridized carbons (Fsp3) is 0.450. The highest BCUT2D eigenvalue weighted by Crippen LogP contribution is 2.30. The lowest BCUT2D eigenvalue weighted by molar-refractivity contribution is 0.102. The Bertz CT molecular complexity index is 1040. The van der Waals surface area contributed by atoms with Crippen LogP contribution in [0.4, 0.5) is 11.5 Å². The normalized spacial score (nSPS) is 15.2. The summed E-state index contributed by atoms with van der Waals surface area (Å²) in [6.45, 7) is 3.42. The molecule has 0 atom stereocenters. The second-order valence-corrected chi connectivity index (χ2v) is 10.6. The van der Waals surface area contributed by atoms with Gasteiger partial charge in [-0.3, -0.25) is 4.79 Å². The Hall–Kier alpha value is -2.23. The number of amides is 1. The molecule has 1 amide bonds. The maximum Gasteiger partial charge on any atom is 0.277 e. The number of nitrogens with one attached hydrogen (secondary N) is 2. The summed E-state index contributed by atoms with van der Waals surface area (Å²) in [6, 6.07) is 6.19. The van der Waals surface area contributed by atoms with E-state index in [1.807, 2.05) is 0 Å². The lowest BCUT2D eigenvalue weighted by Gasteiger charge is -2.24. The molecule has 1 saturated carbocycles. The van der Waals surface area contributed by atoms with Gasteiger partial charge in [0.15, 0.2) is 20.7 Å². The number of halogens is 1. The molecule has 8 nitrogen and oxygen atoms in total.